The maximum absolute atomic E-state index is 13.9. The van der Waals surface area contributed by atoms with E-state index >= 15 is 0 Å². The summed E-state index contributed by atoms with van der Waals surface area (Å²) in [6, 6.07) is 11.0. The van der Waals surface area contributed by atoms with Gasteiger partial charge >= 0.3 is 0 Å². The molecule has 286 valence electrons. The van der Waals surface area contributed by atoms with Gasteiger partial charge in [-0.15, -0.1) is 0 Å². The number of aromatic hydroxyl groups is 2. The number of amides is 5. The molecule has 14 heteroatoms. The summed E-state index contributed by atoms with van der Waals surface area (Å²) in [7, 11) is 0. The normalized spacial score (nSPS) is 17.5. The number of phenolic OH excluding ortho intramolecular Hbond substituents is 2. The standard InChI is InChI=1S/C40H49N7O7/c1-4-5-6-7-8-25-9-12-28(23(2)19-25)37(51)45-31(15-16-41)39(53)47-35-27-11-14-34(49)30(22-27)29-20-26(10-13-33(29)48)21-32(38(52)43-18-17-42)46-36(50)24(3)44-40(35)54/h9-14,19-20,22,24,31-32,35,48-49H,4-8,15-16,18,21,41H2,1-3H3,(H,43,52)(H,44,54)(H,45,51)(H,46,50)(H,47,53). The van der Waals surface area contributed by atoms with Crippen LogP contribution in [0.4, 0.5) is 0 Å². The van der Waals surface area contributed by atoms with Gasteiger partial charge in [0.2, 0.25) is 23.6 Å². The highest BCUT2D eigenvalue weighted by Gasteiger charge is 2.32. The zero-order valence-corrected chi connectivity index (χ0v) is 30.8. The van der Waals surface area contributed by atoms with Crippen molar-refractivity contribution in [3.05, 3.63) is 82.4 Å². The number of nitrogens with one attached hydrogen (secondary N) is 5. The van der Waals surface area contributed by atoms with Crippen molar-refractivity contribution in [3.8, 4) is 28.7 Å². The van der Waals surface area contributed by atoms with Gasteiger partial charge in [-0.3, -0.25) is 24.0 Å². The lowest BCUT2D eigenvalue weighted by Crippen LogP contribution is -2.55. The van der Waals surface area contributed by atoms with E-state index < -0.39 is 53.7 Å². The van der Waals surface area contributed by atoms with Crippen LogP contribution in [0.25, 0.3) is 11.1 Å². The molecule has 0 saturated heterocycles. The number of nitrogens with zero attached hydrogens (tertiary/aromatic N) is 1. The van der Waals surface area contributed by atoms with Crippen molar-refractivity contribution in [2.24, 2.45) is 5.73 Å². The number of phenols is 2. The second-order valence-electron chi connectivity index (χ2n) is 13.5. The summed E-state index contributed by atoms with van der Waals surface area (Å²) in [4.78, 5) is 67.7. The van der Waals surface area contributed by atoms with Crippen LogP contribution in [0.1, 0.15) is 84.6 Å². The van der Waals surface area contributed by atoms with Crippen LogP contribution in [0.3, 0.4) is 0 Å². The van der Waals surface area contributed by atoms with Crippen molar-refractivity contribution in [3.63, 3.8) is 0 Å². The Balaban J connectivity index is 1.66. The first-order valence-electron chi connectivity index (χ1n) is 18.2. The summed E-state index contributed by atoms with van der Waals surface area (Å²) in [5.74, 6) is -3.88. The molecule has 0 saturated carbocycles. The van der Waals surface area contributed by atoms with E-state index in [0.717, 1.165) is 43.2 Å². The van der Waals surface area contributed by atoms with Gasteiger partial charge in [-0.2, -0.15) is 5.26 Å². The summed E-state index contributed by atoms with van der Waals surface area (Å²) in [5.41, 5.74) is 9.08. The molecule has 4 bridgehead atoms. The Morgan fingerprint density at radius 1 is 0.963 bits per heavy atom. The Morgan fingerprint density at radius 3 is 2.37 bits per heavy atom. The highest BCUT2D eigenvalue weighted by Crippen LogP contribution is 2.38. The summed E-state index contributed by atoms with van der Waals surface area (Å²) >= 11 is 0. The fourth-order valence-corrected chi connectivity index (χ4v) is 6.34. The van der Waals surface area contributed by atoms with Crippen LogP contribution in [0, 0.1) is 18.3 Å². The molecule has 4 rings (SSSR count). The molecule has 4 atom stereocenters. The molecule has 4 unspecified atom stereocenters. The van der Waals surface area contributed by atoms with Crippen LogP contribution < -0.4 is 32.3 Å². The van der Waals surface area contributed by atoms with Crippen molar-refractivity contribution in [2.75, 3.05) is 13.1 Å². The molecule has 0 spiro atoms. The molecule has 0 radical (unpaired) electrons. The third-order valence-electron chi connectivity index (χ3n) is 9.35. The fourth-order valence-electron chi connectivity index (χ4n) is 6.34. The van der Waals surface area contributed by atoms with E-state index in [9.17, 15) is 34.2 Å². The second-order valence-corrected chi connectivity index (χ2v) is 13.5. The van der Waals surface area contributed by atoms with E-state index in [-0.39, 0.29) is 54.1 Å². The Bertz CT molecular complexity index is 1910. The summed E-state index contributed by atoms with van der Waals surface area (Å²) in [6.07, 6.45) is 5.36. The molecule has 3 aromatic carbocycles. The van der Waals surface area contributed by atoms with Gasteiger partial charge in [0.1, 0.15) is 42.2 Å². The summed E-state index contributed by atoms with van der Waals surface area (Å²) in [6.45, 7) is 5.11. The van der Waals surface area contributed by atoms with Crippen molar-refractivity contribution < 1.29 is 34.2 Å². The lowest BCUT2D eigenvalue weighted by molar-refractivity contribution is -0.133. The van der Waals surface area contributed by atoms with Crippen LogP contribution in [0.5, 0.6) is 11.5 Å². The van der Waals surface area contributed by atoms with Gasteiger partial charge in [-0.25, -0.2) is 0 Å². The molecule has 0 fully saturated rings. The van der Waals surface area contributed by atoms with Gasteiger partial charge in [0, 0.05) is 23.1 Å². The second kappa shape index (κ2) is 19.2. The first-order chi connectivity index (χ1) is 25.9. The molecule has 3 aromatic rings. The van der Waals surface area contributed by atoms with Gasteiger partial charge in [-0.1, -0.05) is 50.5 Å². The molecule has 1 aliphatic rings. The zero-order chi connectivity index (χ0) is 39.4. The van der Waals surface area contributed by atoms with Crippen LogP contribution in [0.2, 0.25) is 0 Å². The maximum atomic E-state index is 13.9. The number of aryl methyl sites for hydroxylation is 2. The van der Waals surface area contributed by atoms with Crippen LogP contribution >= 0.6 is 0 Å². The van der Waals surface area contributed by atoms with Gasteiger partial charge in [-0.05, 0) is 92.2 Å². The minimum Gasteiger partial charge on any atom is -0.507 e. The molecule has 0 aromatic heterocycles. The van der Waals surface area contributed by atoms with Crippen LogP contribution in [-0.2, 0) is 32.0 Å². The molecule has 14 nitrogen and oxygen atoms in total. The Labute approximate surface area is 314 Å². The Morgan fingerprint density at radius 2 is 1.69 bits per heavy atom. The highest BCUT2D eigenvalue weighted by atomic mass is 16.3. The van der Waals surface area contributed by atoms with Crippen molar-refractivity contribution in [1.29, 1.82) is 5.26 Å². The molecular weight excluding hydrogens is 690 g/mol. The van der Waals surface area contributed by atoms with E-state index in [2.05, 4.69) is 33.5 Å². The first kappa shape index (κ1) is 40.8. The number of unbranched alkanes of at least 4 members (excludes halogenated alkanes) is 3. The average molecular weight is 740 g/mol. The van der Waals surface area contributed by atoms with Gasteiger partial charge in [0.25, 0.3) is 5.91 Å². The molecule has 9 N–H and O–H groups in total. The fraction of sp³-hybridized carbons (Fsp3) is 0.400. The van der Waals surface area contributed by atoms with Gasteiger partial charge < -0.3 is 42.5 Å². The lowest BCUT2D eigenvalue weighted by atomic mass is 9.94. The maximum Gasteiger partial charge on any atom is 0.252 e. The van der Waals surface area contributed by atoms with Crippen molar-refractivity contribution >= 4 is 29.5 Å². The average Bonchev–Trinajstić information content (AvgIpc) is 3.14. The summed E-state index contributed by atoms with van der Waals surface area (Å²) < 4.78 is 0. The number of hydrogen-bond donors (Lipinski definition) is 8. The number of hydrogen-bond acceptors (Lipinski definition) is 9. The van der Waals surface area contributed by atoms with Gasteiger partial charge in [0.15, 0.2) is 0 Å². The highest BCUT2D eigenvalue weighted by molar-refractivity contribution is 6.00. The third-order valence-corrected chi connectivity index (χ3v) is 9.35. The van der Waals surface area contributed by atoms with E-state index in [1.54, 1.807) is 12.1 Å². The van der Waals surface area contributed by atoms with Crippen LogP contribution in [-0.4, -0.2) is 71.0 Å². The Hall–Kier alpha value is -5.94. The van der Waals surface area contributed by atoms with Crippen molar-refractivity contribution in [2.45, 2.75) is 89.9 Å². The number of nitrogens with two attached hydrogens (primary N) is 1. The number of nitriles is 1. The minimum absolute atomic E-state index is 0.0319. The predicted octanol–water partition coefficient (Wildman–Crippen LogP) is 2.69. The van der Waals surface area contributed by atoms with E-state index in [0.29, 0.717) is 11.1 Å². The van der Waals surface area contributed by atoms with Gasteiger partial charge in [0.05, 0.1) is 6.07 Å². The van der Waals surface area contributed by atoms with E-state index in [4.69, 9.17) is 11.0 Å². The Kier molecular flexibility index (Phi) is 14.5. The van der Waals surface area contributed by atoms with Crippen molar-refractivity contribution in [1.82, 2.24) is 26.6 Å². The lowest BCUT2D eigenvalue weighted by Gasteiger charge is -2.26. The number of carbonyl (C=O) groups excluding carboxylic acids is 5. The largest absolute Gasteiger partial charge is 0.507 e. The predicted molar refractivity (Wildman–Crippen MR) is 202 cm³/mol. The summed E-state index contributed by atoms with van der Waals surface area (Å²) in [5, 5.41) is 43.8. The molecule has 1 aliphatic heterocycles. The first-order valence-corrected chi connectivity index (χ1v) is 18.2. The monoisotopic (exact) mass is 739 g/mol. The molecule has 1 heterocycles. The van der Waals surface area contributed by atoms with Crippen LogP contribution in [0.15, 0.2) is 54.6 Å². The zero-order valence-electron chi connectivity index (χ0n) is 30.8. The topological polar surface area (TPSA) is 236 Å². The quantitative estimate of drug-likeness (QED) is 0.0949. The van der Waals surface area contributed by atoms with E-state index in [1.165, 1.54) is 37.3 Å². The third kappa shape index (κ3) is 10.6. The minimum atomic E-state index is -1.46. The number of carbonyl (C=O) groups is 5. The number of benzene rings is 3. The molecule has 0 aliphatic carbocycles. The molecule has 54 heavy (non-hydrogen) atoms. The van der Waals surface area contributed by atoms with E-state index in [1.807, 2.05) is 25.1 Å². The SMILES string of the molecule is CCCCCCc1ccc(C(=O)NC(CCN)C(=O)NC2C(=O)NC(C)C(=O)NC(C(=O)NCC#N)Cc3ccc(O)c(c3)-c3cc2ccc3O)c(C)c1. The smallest absolute Gasteiger partial charge is 0.252 e. The number of rotatable bonds is 13. The molecule has 5 amide bonds. The molecular formula is C40H49N7O7. The number of fused-ring (bicyclic) bond motifs is 5.